The van der Waals surface area contributed by atoms with Crippen LogP contribution in [-0.2, 0) is 11.3 Å². The number of carbonyl (C=O) groups is 1. The van der Waals surface area contributed by atoms with Gasteiger partial charge in [-0.2, -0.15) is 0 Å². The zero-order valence-electron chi connectivity index (χ0n) is 15.1. The van der Waals surface area contributed by atoms with Gasteiger partial charge in [-0.3, -0.25) is 9.59 Å². The number of thiazole rings is 1. The molecule has 8 heteroatoms. The molecule has 0 bridgehead atoms. The third kappa shape index (κ3) is 3.34. The quantitative estimate of drug-likeness (QED) is 0.562. The molecule has 0 unspecified atom stereocenters. The molecule has 1 aliphatic heterocycles. The first-order valence-electron chi connectivity index (χ1n) is 8.91. The SMILES string of the molecule is O=C(Cn1ccc(=O)c2ccccc21)Nc1nc(-c2ccc3c(c2)OCO3)cs1. The summed E-state index contributed by atoms with van der Waals surface area (Å²) in [5.41, 5.74) is 2.29. The number of anilines is 1. The lowest BCUT2D eigenvalue weighted by atomic mass is 10.1. The number of carbonyl (C=O) groups excluding carboxylic acids is 1. The Kier molecular flexibility index (Phi) is 4.25. The number of fused-ring (bicyclic) bond motifs is 2. The second-order valence-electron chi connectivity index (χ2n) is 6.48. The van der Waals surface area contributed by atoms with E-state index in [4.69, 9.17) is 9.47 Å². The number of hydrogen-bond donors (Lipinski definition) is 1. The number of rotatable bonds is 4. The number of pyridine rings is 1. The van der Waals surface area contributed by atoms with E-state index in [1.165, 1.54) is 17.4 Å². The molecule has 0 spiro atoms. The average Bonchev–Trinajstić information content (AvgIpc) is 3.39. The van der Waals surface area contributed by atoms with Crippen LogP contribution in [0.1, 0.15) is 0 Å². The highest BCUT2D eigenvalue weighted by molar-refractivity contribution is 7.14. The molecule has 2 aromatic carbocycles. The summed E-state index contributed by atoms with van der Waals surface area (Å²) in [6.45, 7) is 0.302. The number of ether oxygens (including phenoxy) is 2. The van der Waals surface area contributed by atoms with E-state index in [9.17, 15) is 9.59 Å². The van der Waals surface area contributed by atoms with Crippen LogP contribution in [0.15, 0.2) is 64.9 Å². The number of nitrogens with zero attached hydrogens (tertiary/aromatic N) is 2. The van der Waals surface area contributed by atoms with Gasteiger partial charge in [0.1, 0.15) is 6.54 Å². The van der Waals surface area contributed by atoms with Gasteiger partial charge in [-0.1, -0.05) is 12.1 Å². The number of amides is 1. The largest absolute Gasteiger partial charge is 0.454 e. The summed E-state index contributed by atoms with van der Waals surface area (Å²) in [5.74, 6) is 1.18. The van der Waals surface area contributed by atoms with Crippen LogP contribution in [-0.4, -0.2) is 22.3 Å². The molecule has 0 fully saturated rings. The van der Waals surface area contributed by atoms with E-state index in [1.807, 2.05) is 35.7 Å². The van der Waals surface area contributed by atoms with Crippen LogP contribution in [0.25, 0.3) is 22.2 Å². The van der Waals surface area contributed by atoms with Crippen molar-refractivity contribution in [2.24, 2.45) is 0 Å². The van der Waals surface area contributed by atoms with Gasteiger partial charge in [0.25, 0.3) is 0 Å². The highest BCUT2D eigenvalue weighted by Crippen LogP contribution is 2.36. The summed E-state index contributed by atoms with van der Waals surface area (Å²) >= 11 is 1.35. The summed E-state index contributed by atoms with van der Waals surface area (Å²) in [4.78, 5) is 29.0. The van der Waals surface area contributed by atoms with Crippen molar-refractivity contribution in [2.45, 2.75) is 6.54 Å². The van der Waals surface area contributed by atoms with Crippen LogP contribution in [0, 0.1) is 0 Å². The van der Waals surface area contributed by atoms with Gasteiger partial charge >= 0.3 is 0 Å². The first-order chi connectivity index (χ1) is 14.2. The molecule has 0 aliphatic carbocycles. The van der Waals surface area contributed by atoms with Crippen LogP contribution in [0.4, 0.5) is 5.13 Å². The third-order valence-electron chi connectivity index (χ3n) is 4.62. The van der Waals surface area contributed by atoms with Crippen LogP contribution >= 0.6 is 11.3 Å². The Hall–Kier alpha value is -3.65. The van der Waals surface area contributed by atoms with Crippen LogP contribution in [0.5, 0.6) is 11.5 Å². The van der Waals surface area contributed by atoms with Crippen LogP contribution in [0.3, 0.4) is 0 Å². The molecule has 5 rings (SSSR count). The number of nitrogens with one attached hydrogen (secondary N) is 1. The van der Waals surface area contributed by atoms with Gasteiger partial charge < -0.3 is 19.4 Å². The molecule has 29 heavy (non-hydrogen) atoms. The molecule has 7 nitrogen and oxygen atoms in total. The Bertz CT molecular complexity index is 1290. The topological polar surface area (TPSA) is 82.5 Å². The Morgan fingerprint density at radius 3 is 2.93 bits per heavy atom. The first kappa shape index (κ1) is 17.4. The van der Waals surface area contributed by atoms with E-state index in [0.717, 1.165) is 16.8 Å². The third-order valence-corrected chi connectivity index (χ3v) is 5.38. The molecular formula is C21H15N3O4S. The summed E-state index contributed by atoms with van der Waals surface area (Å²) < 4.78 is 12.5. The highest BCUT2D eigenvalue weighted by Gasteiger charge is 2.16. The lowest BCUT2D eigenvalue weighted by Crippen LogP contribution is -2.20. The lowest BCUT2D eigenvalue weighted by molar-refractivity contribution is -0.116. The summed E-state index contributed by atoms with van der Waals surface area (Å²) in [7, 11) is 0. The Labute approximate surface area is 169 Å². The van der Waals surface area contributed by atoms with E-state index < -0.39 is 0 Å². The average molecular weight is 405 g/mol. The monoisotopic (exact) mass is 405 g/mol. The number of para-hydroxylation sites is 1. The molecule has 144 valence electrons. The predicted molar refractivity (Wildman–Crippen MR) is 111 cm³/mol. The molecule has 1 N–H and O–H groups in total. The first-order valence-corrected chi connectivity index (χ1v) is 9.79. The van der Waals surface area contributed by atoms with Gasteiger partial charge in [0.15, 0.2) is 22.1 Å². The van der Waals surface area contributed by atoms with Gasteiger partial charge in [0.2, 0.25) is 12.7 Å². The molecule has 1 aliphatic rings. The number of aromatic nitrogens is 2. The minimum Gasteiger partial charge on any atom is -0.454 e. The van der Waals surface area contributed by atoms with Crippen molar-refractivity contribution in [3.8, 4) is 22.8 Å². The fourth-order valence-electron chi connectivity index (χ4n) is 3.23. The van der Waals surface area contributed by atoms with Gasteiger partial charge in [-0.25, -0.2) is 4.98 Å². The molecule has 0 radical (unpaired) electrons. The molecule has 0 saturated carbocycles. The van der Waals surface area contributed by atoms with Crippen molar-refractivity contribution in [1.29, 1.82) is 0 Å². The normalized spacial score (nSPS) is 12.3. The van der Waals surface area contributed by atoms with Crippen molar-refractivity contribution in [3.05, 3.63) is 70.3 Å². The zero-order chi connectivity index (χ0) is 19.8. The molecule has 1 amide bonds. The number of hydrogen-bond acceptors (Lipinski definition) is 6. The minimum atomic E-state index is -0.217. The van der Waals surface area contributed by atoms with Crippen molar-refractivity contribution < 1.29 is 14.3 Å². The van der Waals surface area contributed by atoms with Gasteiger partial charge in [-0.15, -0.1) is 11.3 Å². The maximum Gasteiger partial charge on any atom is 0.246 e. The second-order valence-corrected chi connectivity index (χ2v) is 7.34. The van der Waals surface area contributed by atoms with E-state index in [2.05, 4.69) is 10.3 Å². The fourth-order valence-corrected chi connectivity index (χ4v) is 3.97. The molecule has 3 heterocycles. The van der Waals surface area contributed by atoms with Crippen molar-refractivity contribution >= 4 is 33.3 Å². The van der Waals surface area contributed by atoms with Crippen molar-refractivity contribution in [1.82, 2.24) is 9.55 Å². The van der Waals surface area contributed by atoms with E-state index in [1.54, 1.807) is 22.9 Å². The smallest absolute Gasteiger partial charge is 0.246 e. The molecule has 2 aromatic heterocycles. The van der Waals surface area contributed by atoms with Crippen LogP contribution in [0.2, 0.25) is 0 Å². The van der Waals surface area contributed by atoms with Gasteiger partial charge in [0, 0.05) is 28.6 Å². The molecule has 0 atom stereocenters. The predicted octanol–water partition coefficient (Wildman–Crippen LogP) is 3.49. The zero-order valence-corrected chi connectivity index (χ0v) is 15.9. The Morgan fingerprint density at radius 2 is 2.00 bits per heavy atom. The minimum absolute atomic E-state index is 0.0643. The summed E-state index contributed by atoms with van der Waals surface area (Å²) in [5, 5.41) is 5.80. The maximum atomic E-state index is 12.5. The Balaban J connectivity index is 1.34. The van der Waals surface area contributed by atoms with Crippen molar-refractivity contribution in [2.75, 3.05) is 12.1 Å². The fraction of sp³-hybridized carbons (Fsp3) is 0.0952. The van der Waals surface area contributed by atoms with Gasteiger partial charge in [-0.05, 0) is 30.3 Å². The van der Waals surface area contributed by atoms with E-state index >= 15 is 0 Å². The van der Waals surface area contributed by atoms with E-state index in [-0.39, 0.29) is 24.7 Å². The maximum absolute atomic E-state index is 12.5. The summed E-state index contributed by atoms with van der Waals surface area (Å²) in [6, 6.07) is 14.3. The van der Waals surface area contributed by atoms with E-state index in [0.29, 0.717) is 22.0 Å². The molecule has 0 saturated heterocycles. The highest BCUT2D eigenvalue weighted by atomic mass is 32.1. The summed E-state index contributed by atoms with van der Waals surface area (Å²) in [6.07, 6.45) is 1.63. The van der Waals surface area contributed by atoms with Crippen molar-refractivity contribution in [3.63, 3.8) is 0 Å². The standard InChI is InChI=1S/C21H15N3O4S/c25-17-7-8-24(16-4-2-1-3-14(16)17)10-20(26)23-21-22-15(11-29-21)13-5-6-18-19(9-13)28-12-27-18/h1-9,11H,10,12H2,(H,22,23,26). The van der Waals surface area contributed by atoms with Gasteiger partial charge in [0.05, 0.1) is 11.2 Å². The molecule has 4 aromatic rings. The number of benzene rings is 2. The Morgan fingerprint density at radius 1 is 1.14 bits per heavy atom. The van der Waals surface area contributed by atoms with Crippen LogP contribution < -0.4 is 20.2 Å². The molecular weight excluding hydrogens is 390 g/mol. The lowest BCUT2D eigenvalue weighted by Gasteiger charge is -2.09. The second kappa shape index (κ2) is 7.06.